The van der Waals surface area contributed by atoms with Crippen LogP contribution in [0.2, 0.25) is 0 Å². The third-order valence-electron chi connectivity index (χ3n) is 3.13. The molecule has 0 aliphatic carbocycles. The Morgan fingerprint density at radius 3 is 2.12 bits per heavy atom. The fourth-order valence-corrected chi connectivity index (χ4v) is 1.93. The highest BCUT2D eigenvalue weighted by Crippen LogP contribution is 2.22. The molecule has 24 heavy (non-hydrogen) atoms. The van der Waals surface area contributed by atoms with Gasteiger partial charge in [-0.25, -0.2) is 9.59 Å². The van der Waals surface area contributed by atoms with Crippen molar-refractivity contribution in [3.8, 4) is 11.5 Å². The van der Waals surface area contributed by atoms with Gasteiger partial charge in [-0.2, -0.15) is 0 Å². The van der Waals surface area contributed by atoms with E-state index in [1.54, 1.807) is 24.3 Å². The second kappa shape index (κ2) is 7.98. The minimum atomic E-state index is -1.38. The van der Waals surface area contributed by atoms with Gasteiger partial charge in [0.1, 0.15) is 11.5 Å². The van der Waals surface area contributed by atoms with Gasteiger partial charge in [0, 0.05) is 5.69 Å². The van der Waals surface area contributed by atoms with Crippen LogP contribution in [-0.2, 0) is 4.79 Å². The van der Waals surface area contributed by atoms with Crippen molar-refractivity contribution in [1.29, 1.82) is 0 Å². The molecule has 0 fully saturated rings. The van der Waals surface area contributed by atoms with E-state index in [4.69, 9.17) is 9.84 Å². The van der Waals surface area contributed by atoms with Crippen LogP contribution in [0.5, 0.6) is 11.5 Å². The number of carbonyl (C=O) groups excluding carboxylic acids is 1. The second-order valence-corrected chi connectivity index (χ2v) is 5.09. The highest BCUT2D eigenvalue weighted by Gasteiger charge is 2.24. The zero-order valence-electron chi connectivity index (χ0n) is 13.0. The number of carbonyl (C=O) groups is 2. The zero-order valence-corrected chi connectivity index (χ0v) is 13.0. The molecule has 0 spiro atoms. The van der Waals surface area contributed by atoms with E-state index in [9.17, 15) is 14.7 Å². The van der Waals surface area contributed by atoms with Crippen LogP contribution in [0.3, 0.4) is 0 Å². The number of aliphatic hydroxyl groups excluding tert-OH is 1. The average Bonchev–Trinajstić information content (AvgIpc) is 2.55. The van der Waals surface area contributed by atoms with Gasteiger partial charge in [0.15, 0.2) is 6.04 Å². The number of ether oxygens (including phenoxy) is 1. The molecule has 0 aromatic heterocycles. The van der Waals surface area contributed by atoms with E-state index in [0.29, 0.717) is 17.2 Å². The summed E-state index contributed by atoms with van der Waals surface area (Å²) >= 11 is 0. The van der Waals surface area contributed by atoms with E-state index in [-0.39, 0.29) is 0 Å². The first-order valence-corrected chi connectivity index (χ1v) is 7.27. The quantitative estimate of drug-likeness (QED) is 0.650. The molecule has 4 N–H and O–H groups in total. The van der Waals surface area contributed by atoms with Crippen molar-refractivity contribution in [2.24, 2.45) is 0 Å². The van der Waals surface area contributed by atoms with Crippen molar-refractivity contribution in [2.75, 3.05) is 5.32 Å². The van der Waals surface area contributed by atoms with Gasteiger partial charge in [-0.3, -0.25) is 0 Å². The molecule has 0 bridgehead atoms. The maximum absolute atomic E-state index is 11.8. The molecular weight excluding hydrogens is 312 g/mol. The first kappa shape index (κ1) is 17.3. The van der Waals surface area contributed by atoms with Gasteiger partial charge >= 0.3 is 12.0 Å². The fourth-order valence-electron chi connectivity index (χ4n) is 1.93. The normalized spacial score (nSPS) is 12.8. The molecule has 2 aromatic rings. The summed E-state index contributed by atoms with van der Waals surface area (Å²) in [6, 6.07) is 13.7. The molecule has 0 saturated carbocycles. The monoisotopic (exact) mass is 330 g/mol. The standard InChI is InChI=1S/C17H18N2O5/c1-11(20)15(16(21)22)19-17(23)18-12-7-9-14(10-8-12)24-13-5-3-2-4-6-13/h2-11,15,20H,1H3,(H,21,22)(H2,18,19,23). The van der Waals surface area contributed by atoms with E-state index in [1.807, 2.05) is 30.3 Å². The summed E-state index contributed by atoms with van der Waals surface area (Å²) in [7, 11) is 0. The molecule has 7 heteroatoms. The van der Waals surface area contributed by atoms with Gasteiger partial charge < -0.3 is 25.6 Å². The lowest BCUT2D eigenvalue weighted by Gasteiger charge is -2.17. The number of hydrogen-bond donors (Lipinski definition) is 4. The van der Waals surface area contributed by atoms with E-state index in [0.717, 1.165) is 0 Å². The SMILES string of the molecule is CC(O)C(NC(=O)Nc1ccc(Oc2ccccc2)cc1)C(=O)O. The molecule has 126 valence electrons. The largest absolute Gasteiger partial charge is 0.480 e. The molecule has 7 nitrogen and oxygen atoms in total. The molecular formula is C17H18N2O5. The highest BCUT2D eigenvalue weighted by molar-refractivity contribution is 5.92. The highest BCUT2D eigenvalue weighted by atomic mass is 16.5. The van der Waals surface area contributed by atoms with Crippen molar-refractivity contribution in [3.63, 3.8) is 0 Å². The molecule has 2 atom stereocenters. The predicted octanol–water partition coefficient (Wildman–Crippen LogP) is 2.43. The number of urea groups is 1. The van der Waals surface area contributed by atoms with E-state index >= 15 is 0 Å². The number of aliphatic carboxylic acids is 1. The number of para-hydroxylation sites is 1. The van der Waals surface area contributed by atoms with Gasteiger partial charge in [0.2, 0.25) is 0 Å². The maximum Gasteiger partial charge on any atom is 0.328 e. The smallest absolute Gasteiger partial charge is 0.328 e. The molecule has 2 amide bonds. The van der Waals surface area contributed by atoms with Gasteiger partial charge in [-0.15, -0.1) is 0 Å². The Labute approximate surface area is 138 Å². The number of amides is 2. The third-order valence-corrected chi connectivity index (χ3v) is 3.13. The summed E-state index contributed by atoms with van der Waals surface area (Å²) in [6.07, 6.45) is -1.21. The fraction of sp³-hybridized carbons (Fsp3) is 0.176. The molecule has 0 saturated heterocycles. The maximum atomic E-state index is 11.8. The average molecular weight is 330 g/mol. The van der Waals surface area contributed by atoms with Gasteiger partial charge in [0.25, 0.3) is 0 Å². The van der Waals surface area contributed by atoms with Crippen molar-refractivity contribution < 1.29 is 24.5 Å². The van der Waals surface area contributed by atoms with E-state index in [2.05, 4.69) is 10.6 Å². The zero-order chi connectivity index (χ0) is 17.5. The Morgan fingerprint density at radius 2 is 1.58 bits per heavy atom. The number of anilines is 1. The minimum Gasteiger partial charge on any atom is -0.480 e. The Kier molecular flexibility index (Phi) is 5.75. The van der Waals surface area contributed by atoms with Gasteiger partial charge in [-0.05, 0) is 43.3 Å². The van der Waals surface area contributed by atoms with Crippen LogP contribution in [-0.4, -0.2) is 34.4 Å². The molecule has 2 aromatic carbocycles. The Morgan fingerprint density at radius 1 is 1.00 bits per heavy atom. The molecule has 2 unspecified atom stereocenters. The number of carboxylic acid groups (broad SMARTS) is 1. The third kappa shape index (κ3) is 4.99. The minimum absolute atomic E-state index is 0.461. The molecule has 0 radical (unpaired) electrons. The van der Waals surface area contributed by atoms with Gasteiger partial charge in [-0.1, -0.05) is 18.2 Å². The summed E-state index contributed by atoms with van der Waals surface area (Å²) in [6.45, 7) is 1.29. The van der Waals surface area contributed by atoms with Crippen LogP contribution >= 0.6 is 0 Å². The van der Waals surface area contributed by atoms with Crippen LogP contribution in [0.1, 0.15) is 6.92 Å². The van der Waals surface area contributed by atoms with Crippen molar-refractivity contribution in [3.05, 3.63) is 54.6 Å². The molecule has 2 rings (SSSR count). The molecule has 0 aliphatic heterocycles. The number of carboxylic acids is 1. The van der Waals surface area contributed by atoms with Crippen LogP contribution in [0.15, 0.2) is 54.6 Å². The number of benzene rings is 2. The first-order valence-electron chi connectivity index (χ1n) is 7.27. The predicted molar refractivity (Wildman–Crippen MR) is 88.2 cm³/mol. The Bertz CT molecular complexity index is 686. The van der Waals surface area contributed by atoms with Crippen molar-refractivity contribution in [1.82, 2.24) is 5.32 Å². The summed E-state index contributed by atoms with van der Waals surface area (Å²) in [5.41, 5.74) is 0.461. The summed E-state index contributed by atoms with van der Waals surface area (Å²) in [5.74, 6) is -0.0245. The first-order chi connectivity index (χ1) is 11.5. The number of hydrogen-bond acceptors (Lipinski definition) is 4. The number of rotatable bonds is 6. The lowest BCUT2D eigenvalue weighted by Crippen LogP contribution is -2.49. The van der Waals surface area contributed by atoms with Gasteiger partial charge in [0.05, 0.1) is 6.10 Å². The van der Waals surface area contributed by atoms with Crippen molar-refractivity contribution in [2.45, 2.75) is 19.1 Å². The molecule has 0 aliphatic rings. The number of nitrogens with one attached hydrogen (secondary N) is 2. The second-order valence-electron chi connectivity index (χ2n) is 5.09. The van der Waals surface area contributed by atoms with E-state index < -0.39 is 24.1 Å². The van der Waals surface area contributed by atoms with Crippen LogP contribution < -0.4 is 15.4 Å². The summed E-state index contributed by atoms with van der Waals surface area (Å²) in [4.78, 5) is 22.7. The van der Waals surface area contributed by atoms with Crippen LogP contribution in [0.4, 0.5) is 10.5 Å². The van der Waals surface area contributed by atoms with Crippen LogP contribution in [0, 0.1) is 0 Å². The van der Waals surface area contributed by atoms with Crippen LogP contribution in [0.25, 0.3) is 0 Å². The number of aliphatic hydroxyl groups is 1. The Hall–Kier alpha value is -3.06. The summed E-state index contributed by atoms with van der Waals surface area (Å²) < 4.78 is 5.63. The molecule has 0 heterocycles. The lowest BCUT2D eigenvalue weighted by atomic mass is 10.2. The Balaban J connectivity index is 1.93. The summed E-state index contributed by atoms with van der Waals surface area (Å²) in [5, 5.41) is 22.9. The lowest BCUT2D eigenvalue weighted by molar-refractivity contribution is -0.141. The topological polar surface area (TPSA) is 108 Å². The van der Waals surface area contributed by atoms with Crippen molar-refractivity contribution >= 4 is 17.7 Å². The van der Waals surface area contributed by atoms with E-state index in [1.165, 1.54) is 6.92 Å².